The highest BCUT2D eigenvalue weighted by atomic mass is 35.5. The fourth-order valence-corrected chi connectivity index (χ4v) is 3.28. The molecule has 0 unspecified atom stereocenters. The number of nitrogens with one attached hydrogen (secondary N) is 1. The Kier molecular flexibility index (Phi) is 8.28. The Balaban J connectivity index is 0.00000162. The third kappa shape index (κ3) is 5.46. The molecule has 0 radical (unpaired) electrons. The zero-order valence-corrected chi connectivity index (χ0v) is 12.6. The summed E-state index contributed by atoms with van der Waals surface area (Å²) in [5.41, 5.74) is 0. The highest BCUT2D eigenvalue weighted by Gasteiger charge is 2.24. The van der Waals surface area contributed by atoms with Crippen molar-refractivity contribution < 1.29 is 4.74 Å². The van der Waals surface area contributed by atoms with Gasteiger partial charge in [0.1, 0.15) is 0 Å². The predicted octanol–water partition coefficient (Wildman–Crippen LogP) is 4.07. The largest absolute Gasteiger partial charge is 0.378 e. The molecule has 2 saturated carbocycles. The summed E-state index contributed by atoms with van der Waals surface area (Å²) in [7, 11) is 0. The van der Waals surface area contributed by atoms with Crippen LogP contribution in [-0.4, -0.2) is 24.8 Å². The van der Waals surface area contributed by atoms with Crippen LogP contribution < -0.4 is 5.32 Å². The van der Waals surface area contributed by atoms with Crippen LogP contribution in [0.4, 0.5) is 0 Å². The lowest BCUT2D eigenvalue weighted by Crippen LogP contribution is -2.42. The molecule has 0 atom stereocenters. The summed E-state index contributed by atoms with van der Waals surface area (Å²) in [6.07, 6.45) is 14.0. The first-order valence-electron chi connectivity index (χ1n) is 7.76. The molecule has 0 aromatic carbocycles. The Bertz CT molecular complexity index is 199. The second-order valence-corrected chi connectivity index (χ2v) is 5.85. The number of hydrogen-bond acceptors (Lipinski definition) is 2. The highest BCUT2D eigenvalue weighted by molar-refractivity contribution is 5.85. The Morgan fingerprint density at radius 1 is 0.889 bits per heavy atom. The first kappa shape index (κ1) is 16.3. The van der Waals surface area contributed by atoms with Crippen molar-refractivity contribution in [3.8, 4) is 0 Å². The second-order valence-electron chi connectivity index (χ2n) is 5.85. The van der Waals surface area contributed by atoms with Gasteiger partial charge in [0, 0.05) is 18.7 Å². The fourth-order valence-electron chi connectivity index (χ4n) is 3.28. The minimum Gasteiger partial charge on any atom is -0.378 e. The smallest absolute Gasteiger partial charge is 0.0576 e. The summed E-state index contributed by atoms with van der Waals surface area (Å²) in [4.78, 5) is 0. The molecule has 0 amide bonds. The molecule has 0 aromatic heterocycles. The van der Waals surface area contributed by atoms with Crippen LogP contribution in [0.15, 0.2) is 0 Å². The van der Waals surface area contributed by atoms with E-state index in [0.29, 0.717) is 6.10 Å². The van der Waals surface area contributed by atoms with Gasteiger partial charge in [0.25, 0.3) is 0 Å². The van der Waals surface area contributed by atoms with E-state index in [1.807, 2.05) is 0 Å². The molecule has 2 fully saturated rings. The quantitative estimate of drug-likeness (QED) is 0.817. The maximum absolute atomic E-state index is 5.84. The topological polar surface area (TPSA) is 21.3 Å². The molecule has 0 bridgehead atoms. The monoisotopic (exact) mass is 275 g/mol. The van der Waals surface area contributed by atoms with E-state index in [2.05, 4.69) is 12.2 Å². The van der Waals surface area contributed by atoms with Crippen molar-refractivity contribution >= 4 is 12.4 Å². The summed E-state index contributed by atoms with van der Waals surface area (Å²) < 4.78 is 5.84. The third-order valence-corrected chi connectivity index (χ3v) is 4.31. The highest BCUT2D eigenvalue weighted by Crippen LogP contribution is 2.24. The van der Waals surface area contributed by atoms with Gasteiger partial charge in [-0.1, -0.05) is 26.2 Å². The van der Waals surface area contributed by atoms with Crippen molar-refractivity contribution in [3.05, 3.63) is 0 Å². The first-order chi connectivity index (χ1) is 8.38. The summed E-state index contributed by atoms with van der Waals surface area (Å²) in [5, 5.41) is 3.88. The molecule has 3 heteroatoms. The third-order valence-electron chi connectivity index (χ3n) is 4.31. The van der Waals surface area contributed by atoms with E-state index in [-0.39, 0.29) is 12.4 Å². The van der Waals surface area contributed by atoms with E-state index in [1.54, 1.807) is 0 Å². The summed E-state index contributed by atoms with van der Waals surface area (Å²) in [6.45, 7) is 3.14. The minimum atomic E-state index is 0. The van der Waals surface area contributed by atoms with Crippen LogP contribution in [0.1, 0.15) is 71.1 Å². The lowest BCUT2D eigenvalue weighted by molar-refractivity contribution is 0.0216. The van der Waals surface area contributed by atoms with Crippen LogP contribution in [0, 0.1) is 0 Å². The predicted molar refractivity (Wildman–Crippen MR) is 79.5 cm³/mol. The van der Waals surface area contributed by atoms with Crippen molar-refractivity contribution in [2.24, 2.45) is 0 Å². The van der Waals surface area contributed by atoms with Gasteiger partial charge in [-0.15, -0.1) is 12.4 Å². The Morgan fingerprint density at radius 3 is 2.11 bits per heavy atom. The second kappa shape index (κ2) is 9.17. The van der Waals surface area contributed by atoms with Gasteiger partial charge in [-0.05, 0) is 44.9 Å². The van der Waals surface area contributed by atoms with Gasteiger partial charge in [0.15, 0.2) is 0 Å². The summed E-state index contributed by atoms with van der Waals surface area (Å²) in [6, 6.07) is 1.60. The lowest BCUT2D eigenvalue weighted by Gasteiger charge is -2.33. The van der Waals surface area contributed by atoms with Crippen LogP contribution in [-0.2, 0) is 4.74 Å². The molecule has 0 saturated heterocycles. The van der Waals surface area contributed by atoms with Gasteiger partial charge >= 0.3 is 0 Å². The average Bonchev–Trinajstić information content (AvgIpc) is 2.39. The molecule has 1 N–H and O–H groups in total. The van der Waals surface area contributed by atoms with Gasteiger partial charge < -0.3 is 10.1 Å². The fraction of sp³-hybridized carbons (Fsp3) is 1.00. The van der Waals surface area contributed by atoms with Crippen LogP contribution in [0.5, 0.6) is 0 Å². The molecule has 0 heterocycles. The zero-order valence-electron chi connectivity index (χ0n) is 11.8. The van der Waals surface area contributed by atoms with Crippen molar-refractivity contribution in [1.82, 2.24) is 5.32 Å². The molecule has 0 aromatic rings. The van der Waals surface area contributed by atoms with E-state index in [1.165, 1.54) is 57.8 Å². The van der Waals surface area contributed by atoms with E-state index in [0.717, 1.165) is 25.1 Å². The molecule has 18 heavy (non-hydrogen) atoms. The Labute approximate surface area is 119 Å². The van der Waals surface area contributed by atoms with E-state index < -0.39 is 0 Å². The van der Waals surface area contributed by atoms with Gasteiger partial charge in [0.05, 0.1) is 6.10 Å². The van der Waals surface area contributed by atoms with E-state index in [9.17, 15) is 0 Å². The lowest BCUT2D eigenvalue weighted by atomic mass is 9.89. The number of hydrogen-bond donors (Lipinski definition) is 1. The summed E-state index contributed by atoms with van der Waals surface area (Å²) in [5.74, 6) is 0. The van der Waals surface area contributed by atoms with Gasteiger partial charge in [-0.3, -0.25) is 0 Å². The first-order valence-corrected chi connectivity index (χ1v) is 7.76. The molecule has 2 aliphatic carbocycles. The molecule has 2 nitrogen and oxygen atoms in total. The number of halogens is 1. The maximum atomic E-state index is 5.84. The molecule has 2 rings (SSSR count). The zero-order chi connectivity index (χ0) is 11.9. The van der Waals surface area contributed by atoms with Crippen molar-refractivity contribution in [1.29, 1.82) is 0 Å². The molecule has 0 spiro atoms. The van der Waals surface area contributed by atoms with Gasteiger partial charge in [-0.25, -0.2) is 0 Å². The minimum absolute atomic E-state index is 0. The molecule has 0 aliphatic heterocycles. The Hall–Kier alpha value is 0.210. The maximum Gasteiger partial charge on any atom is 0.0576 e. The van der Waals surface area contributed by atoms with Crippen molar-refractivity contribution in [2.45, 2.75) is 89.3 Å². The van der Waals surface area contributed by atoms with Crippen molar-refractivity contribution in [2.75, 3.05) is 6.61 Å². The molecule has 108 valence electrons. The number of rotatable bonds is 5. The van der Waals surface area contributed by atoms with Crippen LogP contribution in [0.3, 0.4) is 0 Å². The van der Waals surface area contributed by atoms with Crippen LogP contribution >= 0.6 is 12.4 Å². The molecular weight excluding hydrogens is 246 g/mol. The van der Waals surface area contributed by atoms with Gasteiger partial charge in [-0.2, -0.15) is 0 Å². The van der Waals surface area contributed by atoms with Crippen LogP contribution in [0.25, 0.3) is 0 Å². The SMILES string of the molecule is CCCOC1CCC(NC2CCCCC2)CC1.Cl. The average molecular weight is 276 g/mol. The molecular formula is C15H30ClNO. The summed E-state index contributed by atoms with van der Waals surface area (Å²) >= 11 is 0. The molecule has 2 aliphatic rings. The van der Waals surface area contributed by atoms with Crippen molar-refractivity contribution in [3.63, 3.8) is 0 Å². The van der Waals surface area contributed by atoms with Crippen LogP contribution in [0.2, 0.25) is 0 Å². The van der Waals surface area contributed by atoms with E-state index in [4.69, 9.17) is 4.74 Å². The number of ether oxygens (including phenoxy) is 1. The Morgan fingerprint density at radius 2 is 1.50 bits per heavy atom. The van der Waals surface area contributed by atoms with E-state index >= 15 is 0 Å². The van der Waals surface area contributed by atoms with Gasteiger partial charge in [0.2, 0.25) is 0 Å². The standard InChI is InChI=1S/C15H29NO.ClH/c1-2-12-17-15-10-8-14(9-11-15)16-13-6-4-3-5-7-13;/h13-16H,2-12H2,1H3;1H. The normalized spacial score (nSPS) is 29.8.